The van der Waals surface area contributed by atoms with Crippen molar-refractivity contribution in [2.45, 2.75) is 13.3 Å². The lowest BCUT2D eigenvalue weighted by Gasteiger charge is -1.96. The van der Waals surface area contributed by atoms with Gasteiger partial charge < -0.3 is 0 Å². The third-order valence-electron chi connectivity index (χ3n) is 2.51. The summed E-state index contributed by atoms with van der Waals surface area (Å²) >= 11 is 11.6. The molecule has 1 nitrogen and oxygen atoms in total. The lowest BCUT2D eigenvalue weighted by atomic mass is 10.1. The van der Waals surface area contributed by atoms with Gasteiger partial charge >= 0.3 is 0 Å². The number of rotatable bonds is 1. The molecule has 0 amide bonds. The molecule has 90 valence electrons. The normalized spacial score (nSPS) is 9.72. The maximum Gasteiger partial charge on any atom is 0.147 e. The molecule has 0 aliphatic heterocycles. The van der Waals surface area contributed by atoms with E-state index in [1.807, 2.05) is 12.1 Å². The van der Waals surface area contributed by atoms with Gasteiger partial charge in [-0.3, -0.25) is 0 Å². The summed E-state index contributed by atoms with van der Waals surface area (Å²) in [7, 11) is 0. The highest BCUT2D eigenvalue weighted by atomic mass is 35.5. The van der Waals surface area contributed by atoms with E-state index in [0.717, 1.165) is 17.5 Å². The van der Waals surface area contributed by atoms with Crippen molar-refractivity contribution in [2.24, 2.45) is 0 Å². The Morgan fingerprint density at radius 1 is 1.06 bits per heavy atom. The minimum atomic E-state index is 0.300. The second kappa shape index (κ2) is 5.91. The van der Waals surface area contributed by atoms with E-state index in [2.05, 4.69) is 35.9 Å². The zero-order valence-corrected chi connectivity index (χ0v) is 11.4. The molecule has 1 aromatic heterocycles. The van der Waals surface area contributed by atoms with Crippen molar-refractivity contribution in [3.63, 3.8) is 0 Å². The lowest BCUT2D eigenvalue weighted by molar-refractivity contribution is 1.14. The van der Waals surface area contributed by atoms with Crippen LogP contribution in [0.4, 0.5) is 0 Å². The van der Waals surface area contributed by atoms with E-state index >= 15 is 0 Å². The Kier molecular flexibility index (Phi) is 4.25. The number of aromatic nitrogens is 1. The SMILES string of the molecule is CCc1ccc(C#Cc2cnc(Cl)c(Cl)c2)cc1. The highest BCUT2D eigenvalue weighted by Gasteiger charge is 1.98. The third kappa shape index (κ3) is 3.26. The zero-order valence-electron chi connectivity index (χ0n) is 9.87. The Morgan fingerprint density at radius 2 is 1.72 bits per heavy atom. The molecule has 0 saturated heterocycles. The summed E-state index contributed by atoms with van der Waals surface area (Å²) < 4.78 is 0. The molecule has 0 atom stereocenters. The second-order valence-corrected chi connectivity index (χ2v) is 4.56. The van der Waals surface area contributed by atoms with Crippen LogP contribution >= 0.6 is 23.2 Å². The van der Waals surface area contributed by atoms with Crippen molar-refractivity contribution in [2.75, 3.05) is 0 Å². The maximum atomic E-state index is 5.87. The fraction of sp³-hybridized carbons (Fsp3) is 0.133. The molecule has 0 N–H and O–H groups in total. The fourth-order valence-electron chi connectivity index (χ4n) is 1.46. The van der Waals surface area contributed by atoms with Crippen molar-refractivity contribution in [3.05, 3.63) is 63.4 Å². The molecule has 18 heavy (non-hydrogen) atoms. The molecular weight excluding hydrogens is 265 g/mol. The molecule has 0 fully saturated rings. The van der Waals surface area contributed by atoms with Crippen LogP contribution in [0.5, 0.6) is 0 Å². The van der Waals surface area contributed by atoms with Gasteiger partial charge in [-0.15, -0.1) is 0 Å². The minimum Gasteiger partial charge on any atom is -0.242 e. The molecule has 3 heteroatoms. The van der Waals surface area contributed by atoms with E-state index in [9.17, 15) is 0 Å². The number of halogens is 2. The number of hydrogen-bond acceptors (Lipinski definition) is 1. The van der Waals surface area contributed by atoms with Gasteiger partial charge in [-0.25, -0.2) is 4.98 Å². The largest absolute Gasteiger partial charge is 0.242 e. The van der Waals surface area contributed by atoms with Crippen LogP contribution in [0.2, 0.25) is 10.2 Å². The van der Waals surface area contributed by atoms with Gasteiger partial charge in [0.25, 0.3) is 0 Å². The fourth-order valence-corrected chi connectivity index (χ4v) is 1.73. The number of pyridine rings is 1. The first-order valence-electron chi connectivity index (χ1n) is 5.61. The topological polar surface area (TPSA) is 12.9 Å². The van der Waals surface area contributed by atoms with Gasteiger partial charge in [-0.05, 0) is 30.2 Å². The smallest absolute Gasteiger partial charge is 0.147 e. The molecule has 0 saturated carbocycles. The van der Waals surface area contributed by atoms with Gasteiger partial charge in [0, 0.05) is 17.3 Å². The van der Waals surface area contributed by atoms with Crippen LogP contribution < -0.4 is 0 Å². The predicted molar refractivity (Wildman–Crippen MR) is 76.1 cm³/mol. The molecule has 0 aliphatic carbocycles. The van der Waals surface area contributed by atoms with Gasteiger partial charge in [0.05, 0.1) is 5.02 Å². The summed E-state index contributed by atoms with van der Waals surface area (Å²) in [4.78, 5) is 3.95. The van der Waals surface area contributed by atoms with E-state index in [0.29, 0.717) is 10.2 Å². The van der Waals surface area contributed by atoms with Crippen molar-refractivity contribution < 1.29 is 0 Å². The lowest BCUT2D eigenvalue weighted by Crippen LogP contribution is -1.82. The highest BCUT2D eigenvalue weighted by molar-refractivity contribution is 6.41. The first-order valence-corrected chi connectivity index (χ1v) is 6.36. The molecular formula is C15H11Cl2N. The van der Waals surface area contributed by atoms with Crippen molar-refractivity contribution in [1.82, 2.24) is 4.98 Å². The molecule has 2 rings (SSSR count). The van der Waals surface area contributed by atoms with Crippen LogP contribution in [0.3, 0.4) is 0 Å². The van der Waals surface area contributed by atoms with Crippen molar-refractivity contribution in [1.29, 1.82) is 0 Å². The summed E-state index contributed by atoms with van der Waals surface area (Å²) in [6.07, 6.45) is 2.64. The quantitative estimate of drug-likeness (QED) is 0.557. The first-order chi connectivity index (χ1) is 8.69. The van der Waals surface area contributed by atoms with Crippen LogP contribution in [0.1, 0.15) is 23.6 Å². The third-order valence-corrected chi connectivity index (χ3v) is 3.20. The van der Waals surface area contributed by atoms with Gasteiger partial charge in [0.15, 0.2) is 0 Å². The molecule has 2 aromatic rings. The number of nitrogens with zero attached hydrogens (tertiary/aromatic N) is 1. The van der Waals surface area contributed by atoms with E-state index in [-0.39, 0.29) is 0 Å². The van der Waals surface area contributed by atoms with Crippen LogP contribution in [0.25, 0.3) is 0 Å². The summed E-state index contributed by atoms with van der Waals surface area (Å²) in [5, 5.41) is 0.722. The van der Waals surface area contributed by atoms with E-state index in [1.54, 1.807) is 12.3 Å². The van der Waals surface area contributed by atoms with E-state index in [1.165, 1.54) is 5.56 Å². The summed E-state index contributed by atoms with van der Waals surface area (Å²) in [6.45, 7) is 2.13. The highest BCUT2D eigenvalue weighted by Crippen LogP contribution is 2.19. The Bertz CT molecular complexity index is 607. The minimum absolute atomic E-state index is 0.300. The first kappa shape index (κ1) is 13.0. The van der Waals surface area contributed by atoms with Gasteiger partial charge in [-0.1, -0.05) is 54.1 Å². The molecule has 0 bridgehead atoms. The van der Waals surface area contributed by atoms with Crippen LogP contribution in [-0.4, -0.2) is 4.98 Å². The van der Waals surface area contributed by atoms with Gasteiger partial charge in [0.2, 0.25) is 0 Å². The number of hydrogen-bond donors (Lipinski definition) is 0. The average Bonchev–Trinajstić information content (AvgIpc) is 2.41. The summed E-state index contributed by atoms with van der Waals surface area (Å²) in [6, 6.07) is 9.89. The van der Waals surface area contributed by atoms with Crippen LogP contribution in [-0.2, 0) is 6.42 Å². The van der Waals surface area contributed by atoms with Gasteiger partial charge in [0.1, 0.15) is 5.15 Å². The van der Waals surface area contributed by atoms with Gasteiger partial charge in [-0.2, -0.15) is 0 Å². The molecule has 0 radical (unpaired) electrons. The van der Waals surface area contributed by atoms with E-state index in [4.69, 9.17) is 23.2 Å². The molecule has 1 aromatic carbocycles. The van der Waals surface area contributed by atoms with E-state index < -0.39 is 0 Å². The second-order valence-electron chi connectivity index (χ2n) is 3.80. The Balaban J connectivity index is 2.22. The molecule has 0 aliphatic rings. The average molecular weight is 276 g/mol. The standard InChI is InChI=1S/C15H11Cl2N/c1-2-11-3-5-12(6-4-11)7-8-13-9-14(16)15(17)18-10-13/h3-6,9-10H,2H2,1H3. The summed E-state index contributed by atoms with van der Waals surface area (Å²) in [5.41, 5.74) is 3.03. The predicted octanol–water partition coefficient (Wildman–Crippen LogP) is 4.35. The number of benzene rings is 1. The molecule has 1 heterocycles. The van der Waals surface area contributed by atoms with Crippen LogP contribution in [0.15, 0.2) is 36.5 Å². The number of aryl methyl sites for hydroxylation is 1. The Hall–Kier alpha value is -1.49. The molecule has 0 spiro atoms. The molecule has 0 unspecified atom stereocenters. The monoisotopic (exact) mass is 275 g/mol. The zero-order chi connectivity index (χ0) is 13.0. The van der Waals surface area contributed by atoms with Crippen molar-refractivity contribution in [3.8, 4) is 11.8 Å². The Morgan fingerprint density at radius 3 is 2.33 bits per heavy atom. The maximum absolute atomic E-state index is 5.87. The van der Waals surface area contributed by atoms with Crippen LogP contribution in [0, 0.1) is 11.8 Å². The summed E-state index contributed by atoms with van der Waals surface area (Å²) in [5.74, 6) is 6.08. The van der Waals surface area contributed by atoms with Crippen molar-refractivity contribution >= 4 is 23.2 Å². The Labute approximate surface area is 117 Å².